The van der Waals surface area contributed by atoms with Crippen LogP contribution in [0, 0.1) is 0 Å². The number of aromatic amines is 1. The fraction of sp³-hybridized carbons (Fsp3) is 0.500. The molecule has 9 heteroatoms. The van der Waals surface area contributed by atoms with Crippen molar-refractivity contribution < 1.29 is 9.15 Å². The summed E-state index contributed by atoms with van der Waals surface area (Å²) in [5.41, 5.74) is 2.15. The van der Waals surface area contributed by atoms with Crippen molar-refractivity contribution in [1.82, 2.24) is 30.1 Å². The van der Waals surface area contributed by atoms with Crippen LogP contribution in [0.2, 0.25) is 0 Å². The summed E-state index contributed by atoms with van der Waals surface area (Å²) in [5, 5.41) is 14.0. The van der Waals surface area contributed by atoms with E-state index in [4.69, 9.17) is 9.15 Å². The molecular formula is C28H36N6O3. The van der Waals surface area contributed by atoms with E-state index in [1.54, 1.807) is 6.26 Å². The molecular weight excluding hydrogens is 468 g/mol. The number of fused-ring (bicyclic) bond motifs is 1. The van der Waals surface area contributed by atoms with Crippen LogP contribution >= 0.6 is 0 Å². The molecule has 37 heavy (non-hydrogen) atoms. The van der Waals surface area contributed by atoms with Gasteiger partial charge in [0.2, 0.25) is 0 Å². The molecule has 1 aliphatic rings. The summed E-state index contributed by atoms with van der Waals surface area (Å²) in [6.07, 6.45) is 5.48. The number of benzene rings is 1. The first-order valence-electron chi connectivity index (χ1n) is 13.2. The molecule has 1 N–H and O–H groups in total. The molecule has 0 spiro atoms. The summed E-state index contributed by atoms with van der Waals surface area (Å²) in [6.45, 7) is 10.3. The van der Waals surface area contributed by atoms with Gasteiger partial charge in [-0.25, -0.2) is 4.68 Å². The van der Waals surface area contributed by atoms with Gasteiger partial charge >= 0.3 is 0 Å². The zero-order valence-electron chi connectivity index (χ0n) is 22.1. The number of hydrogen-bond acceptors (Lipinski definition) is 7. The number of aryl methyl sites for hydroxylation is 1. The highest BCUT2D eigenvalue weighted by molar-refractivity contribution is 5.80. The van der Waals surface area contributed by atoms with Gasteiger partial charge < -0.3 is 14.1 Å². The van der Waals surface area contributed by atoms with Gasteiger partial charge in [0.25, 0.3) is 5.56 Å². The van der Waals surface area contributed by atoms with Crippen LogP contribution in [-0.4, -0.2) is 49.3 Å². The second-order valence-corrected chi connectivity index (χ2v) is 10.5. The Balaban J connectivity index is 1.70. The van der Waals surface area contributed by atoms with Crippen molar-refractivity contribution in [3.63, 3.8) is 0 Å². The van der Waals surface area contributed by atoms with Gasteiger partial charge in [0, 0.05) is 24.2 Å². The number of nitrogens with zero attached hydrogens (tertiary/aromatic N) is 5. The Kier molecular flexibility index (Phi) is 7.26. The Morgan fingerprint density at radius 2 is 2.11 bits per heavy atom. The lowest BCUT2D eigenvalue weighted by molar-refractivity contribution is 0.0534. The number of aromatic nitrogens is 5. The lowest BCUT2D eigenvalue weighted by Gasteiger charge is -2.34. The van der Waals surface area contributed by atoms with Crippen LogP contribution in [0.15, 0.2) is 51.9 Å². The molecule has 1 aromatic carbocycles. The largest absolute Gasteiger partial charge is 0.468 e. The highest BCUT2D eigenvalue weighted by atomic mass is 16.5. The number of ether oxygens (including phenoxy) is 1. The van der Waals surface area contributed by atoms with Crippen molar-refractivity contribution >= 4 is 10.9 Å². The quantitative estimate of drug-likeness (QED) is 0.337. The normalized spacial score (nSPS) is 17.2. The van der Waals surface area contributed by atoms with Crippen molar-refractivity contribution in [2.24, 2.45) is 0 Å². The summed E-state index contributed by atoms with van der Waals surface area (Å²) in [5.74, 6) is 1.44. The number of H-pyrrole nitrogens is 1. The number of pyridine rings is 1. The van der Waals surface area contributed by atoms with Gasteiger partial charge in [-0.1, -0.05) is 19.9 Å². The third kappa shape index (κ3) is 5.24. The average molecular weight is 505 g/mol. The maximum absolute atomic E-state index is 13.7. The Bertz CT molecular complexity index is 1380. The zero-order valence-corrected chi connectivity index (χ0v) is 22.1. The second kappa shape index (κ2) is 10.6. The molecule has 5 rings (SSSR count). The summed E-state index contributed by atoms with van der Waals surface area (Å²) in [6, 6.07) is 11.5. The molecule has 0 aliphatic carbocycles. The van der Waals surface area contributed by atoms with Gasteiger partial charge in [-0.15, -0.1) is 5.10 Å². The SMILES string of the molecule is CCc1ccc2[nH]c(=O)c([C@@H](c3nnnn3C(C)(C)CC)N(Cc3ccco3)C[C@H]3CCCO3)cc2c1. The van der Waals surface area contributed by atoms with Crippen LogP contribution in [0.4, 0.5) is 0 Å². The van der Waals surface area contributed by atoms with Crippen LogP contribution in [0.3, 0.4) is 0 Å². The van der Waals surface area contributed by atoms with E-state index in [0.717, 1.165) is 49.0 Å². The standard InChI is InChI=1S/C28H36N6O3/c1-5-19-11-12-24-20(15-19)16-23(27(35)29-24)25(26-30-31-32-34(26)28(3,4)6-2)33(17-21-9-7-13-36-21)18-22-10-8-14-37-22/h7,9,11-13,15-16,22,25H,5-6,8,10,14,17-18H2,1-4H3,(H,29,35)/t22-,25+/m1/s1. The first-order valence-corrected chi connectivity index (χ1v) is 13.2. The van der Waals surface area contributed by atoms with Gasteiger partial charge in [0.15, 0.2) is 5.82 Å². The fourth-order valence-corrected chi connectivity index (χ4v) is 5.05. The van der Waals surface area contributed by atoms with Crippen LogP contribution in [0.25, 0.3) is 10.9 Å². The first-order chi connectivity index (χ1) is 17.9. The van der Waals surface area contributed by atoms with E-state index in [2.05, 4.69) is 65.2 Å². The lowest BCUT2D eigenvalue weighted by Crippen LogP contribution is -2.41. The van der Waals surface area contributed by atoms with Crippen LogP contribution < -0.4 is 5.56 Å². The van der Waals surface area contributed by atoms with Gasteiger partial charge in [-0.3, -0.25) is 9.69 Å². The fourth-order valence-electron chi connectivity index (χ4n) is 5.05. The summed E-state index contributed by atoms with van der Waals surface area (Å²) in [4.78, 5) is 19.0. The lowest BCUT2D eigenvalue weighted by atomic mass is 9.98. The zero-order chi connectivity index (χ0) is 26.0. The molecule has 1 saturated heterocycles. The highest BCUT2D eigenvalue weighted by Crippen LogP contribution is 2.33. The molecule has 3 aromatic heterocycles. The van der Waals surface area contributed by atoms with Crippen molar-refractivity contribution in [2.75, 3.05) is 13.2 Å². The molecule has 0 saturated carbocycles. The summed E-state index contributed by atoms with van der Waals surface area (Å²) < 4.78 is 13.7. The van der Waals surface area contributed by atoms with Gasteiger partial charge in [-0.2, -0.15) is 0 Å². The van der Waals surface area contributed by atoms with Crippen LogP contribution in [0.5, 0.6) is 0 Å². The van der Waals surface area contributed by atoms with Gasteiger partial charge in [-0.05, 0) is 91.2 Å². The molecule has 0 radical (unpaired) electrons. The number of nitrogens with one attached hydrogen (secondary N) is 1. The van der Waals surface area contributed by atoms with E-state index in [0.29, 0.717) is 24.5 Å². The Morgan fingerprint density at radius 3 is 2.81 bits per heavy atom. The Hall–Kier alpha value is -3.30. The molecule has 4 aromatic rings. The average Bonchev–Trinajstić information content (AvgIpc) is 3.68. The molecule has 4 heterocycles. The number of hydrogen-bond donors (Lipinski definition) is 1. The van der Waals surface area contributed by atoms with E-state index in [-0.39, 0.29) is 17.2 Å². The maximum atomic E-state index is 13.7. The predicted octanol–water partition coefficient (Wildman–Crippen LogP) is 4.59. The third-order valence-corrected chi connectivity index (χ3v) is 7.58. The van der Waals surface area contributed by atoms with E-state index in [9.17, 15) is 4.79 Å². The number of rotatable bonds is 10. The molecule has 1 aliphatic heterocycles. The van der Waals surface area contributed by atoms with E-state index in [1.807, 2.05) is 28.9 Å². The Labute approximate surface area is 216 Å². The molecule has 0 amide bonds. The predicted molar refractivity (Wildman–Crippen MR) is 141 cm³/mol. The molecule has 2 atom stereocenters. The first kappa shape index (κ1) is 25.4. The minimum atomic E-state index is -0.506. The molecule has 1 fully saturated rings. The van der Waals surface area contributed by atoms with Crippen molar-refractivity contribution in [1.29, 1.82) is 0 Å². The number of furan rings is 1. The second-order valence-electron chi connectivity index (χ2n) is 10.5. The molecule has 0 bridgehead atoms. The minimum absolute atomic E-state index is 0.0622. The van der Waals surface area contributed by atoms with Crippen molar-refractivity contribution in [3.8, 4) is 0 Å². The van der Waals surface area contributed by atoms with Crippen LogP contribution in [0.1, 0.15) is 75.7 Å². The summed E-state index contributed by atoms with van der Waals surface area (Å²) in [7, 11) is 0. The van der Waals surface area contributed by atoms with Crippen molar-refractivity contribution in [2.45, 2.75) is 77.6 Å². The van der Waals surface area contributed by atoms with E-state index < -0.39 is 6.04 Å². The summed E-state index contributed by atoms with van der Waals surface area (Å²) >= 11 is 0. The van der Waals surface area contributed by atoms with Gasteiger partial charge in [0.05, 0.1) is 24.5 Å². The van der Waals surface area contributed by atoms with Crippen molar-refractivity contribution in [3.05, 3.63) is 75.7 Å². The van der Waals surface area contributed by atoms with E-state index in [1.165, 1.54) is 5.56 Å². The van der Waals surface area contributed by atoms with Gasteiger partial charge in [0.1, 0.15) is 11.8 Å². The monoisotopic (exact) mass is 504 g/mol. The topological polar surface area (TPSA) is 102 Å². The smallest absolute Gasteiger partial charge is 0.253 e. The minimum Gasteiger partial charge on any atom is -0.468 e. The molecule has 9 nitrogen and oxygen atoms in total. The third-order valence-electron chi connectivity index (χ3n) is 7.58. The van der Waals surface area contributed by atoms with E-state index >= 15 is 0 Å². The maximum Gasteiger partial charge on any atom is 0.253 e. The highest BCUT2D eigenvalue weighted by Gasteiger charge is 2.36. The molecule has 0 unspecified atom stereocenters. The molecule has 196 valence electrons. The Morgan fingerprint density at radius 1 is 1.24 bits per heavy atom. The van der Waals surface area contributed by atoms with Crippen LogP contribution in [-0.2, 0) is 23.2 Å². The number of tetrazole rings is 1.